The van der Waals surface area contributed by atoms with Gasteiger partial charge in [-0.25, -0.2) is 13.1 Å². The molecule has 0 unspecified atom stereocenters. The third kappa shape index (κ3) is 4.95. The molecule has 4 rings (SSSR count). The molecule has 2 aromatic rings. The van der Waals surface area contributed by atoms with Gasteiger partial charge in [-0.1, -0.05) is 34.1 Å². The molecule has 1 N–H and O–H groups in total. The van der Waals surface area contributed by atoms with Gasteiger partial charge in [0.2, 0.25) is 15.9 Å². The molecule has 0 saturated carbocycles. The van der Waals surface area contributed by atoms with Gasteiger partial charge in [-0.3, -0.25) is 9.69 Å². The summed E-state index contributed by atoms with van der Waals surface area (Å²) in [5, 5.41) is 0. The van der Waals surface area contributed by atoms with E-state index in [2.05, 4.69) is 42.6 Å². The molecule has 0 radical (unpaired) electrons. The van der Waals surface area contributed by atoms with Crippen molar-refractivity contribution in [2.24, 2.45) is 0 Å². The van der Waals surface area contributed by atoms with E-state index in [1.807, 2.05) is 24.3 Å². The molecule has 2 aliphatic heterocycles. The Labute approximate surface area is 192 Å². The third-order valence-corrected chi connectivity index (χ3v) is 7.81. The second-order valence-corrected chi connectivity index (χ2v) is 10.5. The summed E-state index contributed by atoms with van der Waals surface area (Å²) in [6.07, 6.45) is 0.655. The highest BCUT2D eigenvalue weighted by atomic mass is 79.9. The van der Waals surface area contributed by atoms with Gasteiger partial charge < -0.3 is 9.80 Å². The molecule has 2 heterocycles. The molecule has 0 spiro atoms. The molecule has 0 atom stereocenters. The Bertz CT molecular complexity index is 1050. The number of hydrogen-bond donors (Lipinski definition) is 1. The predicted molar refractivity (Wildman–Crippen MR) is 126 cm³/mol. The third-order valence-electron chi connectivity index (χ3n) is 5.88. The van der Waals surface area contributed by atoms with E-state index in [0.29, 0.717) is 36.2 Å². The van der Waals surface area contributed by atoms with Crippen LogP contribution in [0.4, 0.5) is 11.4 Å². The van der Waals surface area contributed by atoms with Crippen LogP contribution in [-0.2, 0) is 21.2 Å². The minimum atomic E-state index is -3.74. The number of nitrogens with one attached hydrogen (secondary N) is 1. The summed E-state index contributed by atoms with van der Waals surface area (Å²) in [5.74, 6) is -0.145. The summed E-state index contributed by atoms with van der Waals surface area (Å²) >= 11 is 3.41. The van der Waals surface area contributed by atoms with Crippen LogP contribution in [-0.4, -0.2) is 65.0 Å². The van der Waals surface area contributed by atoms with Gasteiger partial charge in [0.25, 0.3) is 0 Å². The van der Waals surface area contributed by atoms with Gasteiger partial charge >= 0.3 is 0 Å². The summed E-state index contributed by atoms with van der Waals surface area (Å²) in [7, 11) is -3.74. The molecular formula is C22H27BrN4O3S. The van der Waals surface area contributed by atoms with Gasteiger partial charge in [0.1, 0.15) is 4.90 Å². The fourth-order valence-corrected chi connectivity index (χ4v) is 6.22. The highest BCUT2D eigenvalue weighted by molar-refractivity contribution is 9.10. The summed E-state index contributed by atoms with van der Waals surface area (Å²) in [5.41, 5.74) is 2.61. The van der Waals surface area contributed by atoms with Crippen molar-refractivity contribution in [1.29, 1.82) is 0 Å². The van der Waals surface area contributed by atoms with Crippen LogP contribution in [0, 0.1) is 0 Å². The lowest BCUT2D eigenvalue weighted by molar-refractivity contribution is -0.116. The van der Waals surface area contributed by atoms with Crippen molar-refractivity contribution in [2.45, 2.75) is 18.2 Å². The molecule has 2 aromatic carbocycles. The zero-order chi connectivity index (χ0) is 22.0. The molecule has 31 heavy (non-hydrogen) atoms. The van der Waals surface area contributed by atoms with Gasteiger partial charge in [-0.15, -0.1) is 0 Å². The van der Waals surface area contributed by atoms with E-state index in [9.17, 15) is 13.2 Å². The Morgan fingerprint density at radius 2 is 1.77 bits per heavy atom. The van der Waals surface area contributed by atoms with E-state index < -0.39 is 10.0 Å². The van der Waals surface area contributed by atoms with Gasteiger partial charge in [0, 0.05) is 62.9 Å². The van der Waals surface area contributed by atoms with Gasteiger partial charge in [0.15, 0.2) is 0 Å². The Morgan fingerprint density at radius 3 is 2.45 bits per heavy atom. The maximum atomic E-state index is 13.1. The minimum Gasteiger partial charge on any atom is -0.369 e. The number of nitrogens with zero attached hydrogens (tertiary/aromatic N) is 3. The van der Waals surface area contributed by atoms with E-state index >= 15 is 0 Å². The normalized spacial score (nSPS) is 17.1. The molecule has 0 bridgehead atoms. The van der Waals surface area contributed by atoms with Gasteiger partial charge in [-0.05, 0) is 36.2 Å². The number of amides is 1. The molecule has 0 aromatic heterocycles. The van der Waals surface area contributed by atoms with Crippen molar-refractivity contribution in [3.05, 3.63) is 52.5 Å². The maximum Gasteiger partial charge on any atom is 0.242 e. The first-order valence-electron chi connectivity index (χ1n) is 10.5. The topological polar surface area (TPSA) is 73.0 Å². The summed E-state index contributed by atoms with van der Waals surface area (Å²) in [6.45, 7) is 6.57. The fourth-order valence-electron chi connectivity index (χ4n) is 4.27. The first-order chi connectivity index (χ1) is 14.8. The van der Waals surface area contributed by atoms with Crippen LogP contribution >= 0.6 is 15.9 Å². The van der Waals surface area contributed by atoms with Crippen LogP contribution in [0.1, 0.15) is 12.5 Å². The van der Waals surface area contributed by atoms with E-state index in [1.165, 1.54) is 12.6 Å². The maximum absolute atomic E-state index is 13.1. The number of hydrogen-bond acceptors (Lipinski definition) is 5. The molecule has 0 aliphatic carbocycles. The van der Waals surface area contributed by atoms with Gasteiger partial charge in [0.05, 0.1) is 5.69 Å². The lowest BCUT2D eigenvalue weighted by Gasteiger charge is -2.36. The van der Waals surface area contributed by atoms with Crippen molar-refractivity contribution in [3.8, 4) is 0 Å². The van der Waals surface area contributed by atoms with Crippen molar-refractivity contribution in [2.75, 3.05) is 55.6 Å². The average molecular weight is 507 g/mol. The number of carbonyl (C=O) groups excluding carboxylic acids is 1. The molecule has 9 heteroatoms. The number of rotatable bonds is 6. The van der Waals surface area contributed by atoms with Crippen LogP contribution in [0.3, 0.4) is 0 Å². The number of anilines is 2. The van der Waals surface area contributed by atoms with E-state index in [1.54, 1.807) is 11.0 Å². The lowest BCUT2D eigenvalue weighted by Crippen LogP contribution is -2.48. The summed E-state index contributed by atoms with van der Waals surface area (Å²) < 4.78 is 29.6. The number of halogens is 1. The Hall–Kier alpha value is -1.94. The zero-order valence-electron chi connectivity index (χ0n) is 17.6. The van der Waals surface area contributed by atoms with Gasteiger partial charge in [-0.2, -0.15) is 0 Å². The molecule has 166 valence electrons. The molecule has 1 fully saturated rings. The predicted octanol–water partition coefficient (Wildman–Crippen LogP) is 2.46. The minimum absolute atomic E-state index is 0.145. The Balaban J connectivity index is 1.37. The fraction of sp³-hybridized carbons (Fsp3) is 0.409. The molecule has 1 amide bonds. The largest absolute Gasteiger partial charge is 0.369 e. The first kappa shape index (κ1) is 22.3. The molecule has 1 saturated heterocycles. The van der Waals surface area contributed by atoms with Crippen molar-refractivity contribution < 1.29 is 13.2 Å². The highest BCUT2D eigenvalue weighted by Crippen LogP contribution is 2.37. The van der Waals surface area contributed by atoms with Crippen LogP contribution in [0.5, 0.6) is 0 Å². The van der Waals surface area contributed by atoms with Crippen LogP contribution in [0.2, 0.25) is 0 Å². The number of para-hydroxylation sites is 1. The lowest BCUT2D eigenvalue weighted by atomic mass is 10.2. The first-order valence-corrected chi connectivity index (χ1v) is 12.8. The van der Waals surface area contributed by atoms with E-state index in [-0.39, 0.29) is 10.8 Å². The summed E-state index contributed by atoms with van der Waals surface area (Å²) in [6, 6.07) is 13.8. The average Bonchev–Trinajstić information content (AvgIpc) is 3.18. The number of piperazine rings is 1. The van der Waals surface area contributed by atoms with E-state index in [4.69, 9.17) is 0 Å². The highest BCUT2D eigenvalue weighted by Gasteiger charge is 2.31. The SMILES string of the molecule is CC(=O)N1CCc2cc(Br)cc(S(=O)(=O)NCCN3CCN(c4ccccc4)CC3)c21. The van der Waals surface area contributed by atoms with Crippen LogP contribution < -0.4 is 14.5 Å². The van der Waals surface area contributed by atoms with E-state index in [0.717, 1.165) is 31.7 Å². The van der Waals surface area contributed by atoms with Crippen molar-refractivity contribution in [1.82, 2.24) is 9.62 Å². The monoisotopic (exact) mass is 506 g/mol. The number of benzene rings is 2. The number of carbonyl (C=O) groups is 1. The molecule has 2 aliphatic rings. The Morgan fingerprint density at radius 1 is 1.06 bits per heavy atom. The number of fused-ring (bicyclic) bond motifs is 1. The summed E-state index contributed by atoms with van der Waals surface area (Å²) in [4.78, 5) is 18.4. The molecular weight excluding hydrogens is 480 g/mol. The second kappa shape index (κ2) is 9.28. The standard InChI is InChI=1S/C22H27BrN4O3S/c1-17(28)27-9-7-18-15-19(23)16-21(22(18)27)31(29,30)24-8-10-25-11-13-26(14-12-25)20-5-3-2-4-6-20/h2-6,15-16,24H,7-14H2,1H3. The quantitative estimate of drug-likeness (QED) is 0.651. The second-order valence-electron chi connectivity index (χ2n) is 7.89. The zero-order valence-corrected chi connectivity index (χ0v) is 20.0. The van der Waals surface area contributed by atoms with Crippen molar-refractivity contribution >= 4 is 43.2 Å². The molecule has 7 nitrogen and oxygen atoms in total. The number of sulfonamides is 1. The smallest absolute Gasteiger partial charge is 0.242 e. The Kier molecular flexibility index (Phi) is 6.66. The van der Waals surface area contributed by atoms with Crippen LogP contribution in [0.15, 0.2) is 51.8 Å². The van der Waals surface area contributed by atoms with Crippen LogP contribution in [0.25, 0.3) is 0 Å². The van der Waals surface area contributed by atoms with Crippen molar-refractivity contribution in [3.63, 3.8) is 0 Å².